The predicted molar refractivity (Wildman–Crippen MR) is 54.6 cm³/mol. The largest absolute Gasteiger partial charge is 0.369 e. The van der Waals surface area contributed by atoms with E-state index in [1.54, 1.807) is 30.2 Å². The zero-order valence-electron chi connectivity index (χ0n) is 8.00. The molecule has 0 saturated carbocycles. The van der Waals surface area contributed by atoms with E-state index < -0.39 is 0 Å². The lowest BCUT2D eigenvalue weighted by atomic mass is 10.2. The highest BCUT2D eigenvalue weighted by Crippen LogP contribution is 2.18. The maximum atomic E-state index is 13.4. The number of rotatable bonds is 3. The third-order valence-corrected chi connectivity index (χ3v) is 1.89. The molecule has 0 spiro atoms. The van der Waals surface area contributed by atoms with Crippen LogP contribution in [0.2, 0.25) is 0 Å². The van der Waals surface area contributed by atoms with Crippen LogP contribution in [0, 0.1) is 17.1 Å². The van der Waals surface area contributed by atoms with Crippen molar-refractivity contribution in [3.63, 3.8) is 0 Å². The van der Waals surface area contributed by atoms with Gasteiger partial charge in [0.2, 0.25) is 0 Å². The van der Waals surface area contributed by atoms with Gasteiger partial charge in [0.15, 0.2) is 0 Å². The topological polar surface area (TPSA) is 27.0 Å². The summed E-state index contributed by atoms with van der Waals surface area (Å²) in [6, 6.07) is 6.31. The number of likely N-dealkylation sites (N-methyl/N-ethyl adjacent to an activating group) is 1. The van der Waals surface area contributed by atoms with Gasteiger partial charge in [-0.15, -0.1) is 6.58 Å². The molecule has 0 amide bonds. The fourth-order valence-corrected chi connectivity index (χ4v) is 1.18. The summed E-state index contributed by atoms with van der Waals surface area (Å²) in [5.41, 5.74) is 0.808. The second kappa shape index (κ2) is 4.43. The third kappa shape index (κ3) is 2.11. The molecular formula is C11H11FN2. The summed E-state index contributed by atoms with van der Waals surface area (Å²) < 4.78 is 13.4. The van der Waals surface area contributed by atoms with Crippen LogP contribution in [0.15, 0.2) is 30.9 Å². The molecule has 1 rings (SSSR count). The highest BCUT2D eigenvalue weighted by atomic mass is 19.1. The Labute approximate surface area is 82.9 Å². The summed E-state index contributed by atoms with van der Waals surface area (Å²) in [4.78, 5) is 1.73. The molecule has 14 heavy (non-hydrogen) atoms. The Morgan fingerprint density at radius 3 is 2.86 bits per heavy atom. The molecule has 2 nitrogen and oxygen atoms in total. The van der Waals surface area contributed by atoms with E-state index in [1.165, 1.54) is 6.07 Å². The molecule has 0 aliphatic heterocycles. The molecule has 3 heteroatoms. The maximum Gasteiger partial charge on any atom is 0.147 e. The Hall–Kier alpha value is -1.82. The summed E-state index contributed by atoms with van der Waals surface area (Å²) in [7, 11) is 1.77. The van der Waals surface area contributed by atoms with E-state index in [0.29, 0.717) is 17.8 Å². The van der Waals surface area contributed by atoms with E-state index in [2.05, 4.69) is 6.58 Å². The van der Waals surface area contributed by atoms with Crippen molar-refractivity contribution in [2.75, 3.05) is 18.5 Å². The van der Waals surface area contributed by atoms with E-state index in [1.807, 2.05) is 6.07 Å². The van der Waals surface area contributed by atoms with Crippen molar-refractivity contribution in [2.24, 2.45) is 0 Å². The van der Waals surface area contributed by atoms with Gasteiger partial charge in [-0.3, -0.25) is 0 Å². The number of nitrogens with zero attached hydrogens (tertiary/aromatic N) is 2. The van der Waals surface area contributed by atoms with Crippen molar-refractivity contribution in [1.29, 1.82) is 5.26 Å². The minimum absolute atomic E-state index is 0.332. The first-order valence-corrected chi connectivity index (χ1v) is 4.20. The lowest BCUT2D eigenvalue weighted by Crippen LogP contribution is -2.17. The van der Waals surface area contributed by atoms with Crippen LogP contribution in [0.1, 0.15) is 5.56 Å². The summed E-state index contributed by atoms with van der Waals surface area (Å²) in [5.74, 6) is -0.381. The highest BCUT2D eigenvalue weighted by Gasteiger charge is 2.06. The van der Waals surface area contributed by atoms with Gasteiger partial charge in [-0.1, -0.05) is 6.08 Å². The molecule has 1 aromatic rings. The van der Waals surface area contributed by atoms with Gasteiger partial charge in [-0.2, -0.15) is 5.26 Å². The Kier molecular flexibility index (Phi) is 3.24. The molecule has 0 aliphatic carbocycles. The predicted octanol–water partition coefficient (Wildman–Crippen LogP) is 2.32. The lowest BCUT2D eigenvalue weighted by Gasteiger charge is -2.17. The Morgan fingerprint density at radius 2 is 2.36 bits per heavy atom. The Morgan fingerprint density at radius 1 is 1.64 bits per heavy atom. The van der Waals surface area contributed by atoms with Gasteiger partial charge < -0.3 is 4.90 Å². The van der Waals surface area contributed by atoms with E-state index in [0.717, 1.165) is 0 Å². The van der Waals surface area contributed by atoms with Crippen LogP contribution < -0.4 is 4.90 Å². The van der Waals surface area contributed by atoms with Crippen molar-refractivity contribution >= 4 is 5.69 Å². The molecule has 0 heterocycles. The van der Waals surface area contributed by atoms with Gasteiger partial charge in [0, 0.05) is 13.6 Å². The first-order chi connectivity index (χ1) is 6.69. The summed E-state index contributed by atoms with van der Waals surface area (Å²) in [6.45, 7) is 4.15. The molecule has 0 saturated heterocycles. The first-order valence-electron chi connectivity index (χ1n) is 4.20. The molecule has 0 N–H and O–H groups in total. The van der Waals surface area contributed by atoms with Crippen LogP contribution in [0.3, 0.4) is 0 Å². The van der Waals surface area contributed by atoms with E-state index in [9.17, 15) is 4.39 Å². The second-order valence-corrected chi connectivity index (χ2v) is 2.95. The minimum Gasteiger partial charge on any atom is -0.369 e. The molecule has 0 unspecified atom stereocenters. The molecule has 0 aliphatic rings. The highest BCUT2D eigenvalue weighted by molar-refractivity contribution is 5.50. The summed E-state index contributed by atoms with van der Waals surface area (Å²) in [6.07, 6.45) is 1.69. The molecule has 72 valence electrons. The second-order valence-electron chi connectivity index (χ2n) is 2.95. The minimum atomic E-state index is -0.381. The molecule has 0 radical (unpaired) electrons. The van der Waals surface area contributed by atoms with E-state index in [-0.39, 0.29) is 5.82 Å². The van der Waals surface area contributed by atoms with Crippen LogP contribution in [-0.2, 0) is 0 Å². The Bertz CT molecular complexity index is 379. The van der Waals surface area contributed by atoms with Crippen LogP contribution >= 0.6 is 0 Å². The smallest absolute Gasteiger partial charge is 0.147 e. The van der Waals surface area contributed by atoms with Crippen LogP contribution in [-0.4, -0.2) is 13.6 Å². The quantitative estimate of drug-likeness (QED) is 0.684. The fourth-order valence-electron chi connectivity index (χ4n) is 1.18. The zero-order valence-corrected chi connectivity index (χ0v) is 8.00. The van der Waals surface area contributed by atoms with Crippen molar-refractivity contribution in [1.82, 2.24) is 0 Å². The molecule has 0 atom stereocenters. The average Bonchev–Trinajstić information content (AvgIpc) is 2.17. The summed E-state index contributed by atoms with van der Waals surface area (Å²) >= 11 is 0. The number of anilines is 1. The van der Waals surface area contributed by atoms with Crippen LogP contribution in [0.25, 0.3) is 0 Å². The van der Waals surface area contributed by atoms with Gasteiger partial charge in [0.05, 0.1) is 17.3 Å². The molecule has 0 bridgehead atoms. The number of hydrogen-bond donors (Lipinski definition) is 0. The molecular weight excluding hydrogens is 179 g/mol. The SMILES string of the molecule is C=CCN(C)c1ccc(C#N)cc1F. The zero-order chi connectivity index (χ0) is 10.6. The van der Waals surface area contributed by atoms with Crippen molar-refractivity contribution in [2.45, 2.75) is 0 Å². The fraction of sp³-hybridized carbons (Fsp3) is 0.182. The van der Waals surface area contributed by atoms with Crippen LogP contribution in [0.5, 0.6) is 0 Å². The average molecular weight is 190 g/mol. The van der Waals surface area contributed by atoms with Gasteiger partial charge in [0.1, 0.15) is 5.82 Å². The number of hydrogen-bond acceptors (Lipinski definition) is 2. The van der Waals surface area contributed by atoms with E-state index in [4.69, 9.17) is 5.26 Å². The molecule has 1 aromatic carbocycles. The van der Waals surface area contributed by atoms with Gasteiger partial charge >= 0.3 is 0 Å². The van der Waals surface area contributed by atoms with Crippen LogP contribution in [0.4, 0.5) is 10.1 Å². The maximum absolute atomic E-state index is 13.4. The molecule has 0 aromatic heterocycles. The molecule has 0 fully saturated rings. The van der Waals surface area contributed by atoms with Crippen molar-refractivity contribution in [3.8, 4) is 6.07 Å². The normalized spacial score (nSPS) is 9.21. The number of halogens is 1. The van der Waals surface area contributed by atoms with Crippen molar-refractivity contribution in [3.05, 3.63) is 42.2 Å². The monoisotopic (exact) mass is 190 g/mol. The Balaban J connectivity index is 3.00. The van der Waals surface area contributed by atoms with Gasteiger partial charge in [-0.05, 0) is 18.2 Å². The van der Waals surface area contributed by atoms with Gasteiger partial charge in [-0.25, -0.2) is 4.39 Å². The first kappa shape index (κ1) is 10.3. The van der Waals surface area contributed by atoms with Crippen molar-refractivity contribution < 1.29 is 4.39 Å². The third-order valence-electron chi connectivity index (χ3n) is 1.89. The number of nitriles is 1. The van der Waals surface area contributed by atoms with Gasteiger partial charge in [0.25, 0.3) is 0 Å². The standard InChI is InChI=1S/C11H11FN2/c1-3-6-14(2)11-5-4-9(8-13)7-10(11)12/h3-5,7H,1,6H2,2H3. The summed E-state index contributed by atoms with van der Waals surface area (Å²) in [5, 5.41) is 8.55. The number of benzene rings is 1. The van der Waals surface area contributed by atoms with E-state index >= 15 is 0 Å². The lowest BCUT2D eigenvalue weighted by molar-refractivity contribution is 0.624.